The van der Waals surface area contributed by atoms with E-state index in [0.29, 0.717) is 0 Å². The minimum absolute atomic E-state index is 0.118. The summed E-state index contributed by atoms with van der Waals surface area (Å²) in [6.45, 7) is 1.80. The number of carbonyl (C=O) groups excluding carboxylic acids is 1. The number of para-hydroxylation sites is 1. The Bertz CT molecular complexity index is 818. The standard InChI is InChI=1S/C15H14BrNO4S/c1-10-9-11(7-8-13(10)16)22(19,20)17-14-6-4-3-5-12(14)15(18)21-2/h3-9,17H,1-2H3. The number of aryl methyl sites for hydroxylation is 1. The number of halogens is 1. The molecule has 0 aromatic heterocycles. The minimum Gasteiger partial charge on any atom is -0.465 e. The van der Waals surface area contributed by atoms with Gasteiger partial charge in [-0.15, -0.1) is 0 Å². The quantitative estimate of drug-likeness (QED) is 0.821. The van der Waals surface area contributed by atoms with E-state index in [-0.39, 0.29) is 16.1 Å². The number of benzene rings is 2. The maximum Gasteiger partial charge on any atom is 0.339 e. The van der Waals surface area contributed by atoms with Crippen molar-refractivity contribution in [2.45, 2.75) is 11.8 Å². The lowest BCUT2D eigenvalue weighted by Gasteiger charge is -2.12. The molecule has 0 saturated heterocycles. The molecule has 2 aromatic carbocycles. The van der Waals surface area contributed by atoms with Crippen molar-refractivity contribution in [2.24, 2.45) is 0 Å². The topological polar surface area (TPSA) is 72.5 Å². The molecule has 0 bridgehead atoms. The van der Waals surface area contributed by atoms with Gasteiger partial charge in [-0.25, -0.2) is 13.2 Å². The van der Waals surface area contributed by atoms with Crippen LogP contribution in [-0.4, -0.2) is 21.5 Å². The van der Waals surface area contributed by atoms with E-state index in [1.807, 2.05) is 0 Å². The van der Waals surface area contributed by atoms with Gasteiger partial charge < -0.3 is 4.74 Å². The zero-order valence-corrected chi connectivity index (χ0v) is 14.4. The second-order valence-corrected chi connectivity index (χ2v) is 7.09. The fraction of sp³-hybridized carbons (Fsp3) is 0.133. The first kappa shape index (κ1) is 16.5. The van der Waals surface area contributed by atoms with Crippen LogP contribution in [0, 0.1) is 6.92 Å². The highest BCUT2D eigenvalue weighted by molar-refractivity contribution is 9.10. The molecule has 5 nitrogen and oxygen atoms in total. The Balaban J connectivity index is 2.41. The second-order valence-electron chi connectivity index (χ2n) is 4.55. The van der Waals surface area contributed by atoms with Crippen LogP contribution in [0.4, 0.5) is 5.69 Å². The van der Waals surface area contributed by atoms with Gasteiger partial charge in [-0.3, -0.25) is 4.72 Å². The van der Waals surface area contributed by atoms with Crippen molar-refractivity contribution in [3.05, 3.63) is 58.1 Å². The first-order valence-corrected chi connectivity index (χ1v) is 8.59. The molecule has 0 fully saturated rings. The lowest BCUT2D eigenvalue weighted by Crippen LogP contribution is -2.16. The van der Waals surface area contributed by atoms with E-state index in [4.69, 9.17) is 0 Å². The Kier molecular flexibility index (Phi) is 4.87. The fourth-order valence-electron chi connectivity index (χ4n) is 1.85. The molecule has 1 N–H and O–H groups in total. The van der Waals surface area contributed by atoms with Gasteiger partial charge in [-0.2, -0.15) is 0 Å². The average molecular weight is 384 g/mol. The number of ether oxygens (including phenoxy) is 1. The minimum atomic E-state index is -3.80. The molecule has 0 amide bonds. The van der Waals surface area contributed by atoms with Gasteiger partial charge in [0.25, 0.3) is 10.0 Å². The lowest BCUT2D eigenvalue weighted by atomic mass is 10.2. The molecule has 0 unspecified atom stereocenters. The first-order valence-electron chi connectivity index (χ1n) is 6.31. The smallest absolute Gasteiger partial charge is 0.339 e. The van der Waals surface area contributed by atoms with Crippen molar-refractivity contribution in [2.75, 3.05) is 11.8 Å². The van der Waals surface area contributed by atoms with Gasteiger partial charge in [0.2, 0.25) is 0 Å². The summed E-state index contributed by atoms with van der Waals surface area (Å²) in [6, 6.07) is 11.0. The number of anilines is 1. The zero-order chi connectivity index (χ0) is 16.3. The number of rotatable bonds is 4. The van der Waals surface area contributed by atoms with Crippen molar-refractivity contribution >= 4 is 37.6 Å². The van der Waals surface area contributed by atoms with Crippen molar-refractivity contribution in [3.63, 3.8) is 0 Å². The van der Waals surface area contributed by atoms with Gasteiger partial charge in [0.05, 0.1) is 23.3 Å². The summed E-state index contributed by atoms with van der Waals surface area (Å²) < 4.78 is 32.8. The van der Waals surface area contributed by atoms with Crippen LogP contribution in [-0.2, 0) is 14.8 Å². The molecular weight excluding hydrogens is 370 g/mol. The van der Waals surface area contributed by atoms with Gasteiger partial charge in [0, 0.05) is 4.47 Å². The summed E-state index contributed by atoms with van der Waals surface area (Å²) in [7, 11) is -2.55. The highest BCUT2D eigenvalue weighted by Gasteiger charge is 2.19. The number of hydrogen-bond acceptors (Lipinski definition) is 4. The molecule has 116 valence electrons. The van der Waals surface area contributed by atoms with Crippen molar-refractivity contribution in [3.8, 4) is 0 Å². The third-order valence-electron chi connectivity index (χ3n) is 3.02. The third kappa shape index (κ3) is 3.48. The maximum absolute atomic E-state index is 12.4. The van der Waals surface area contributed by atoms with Crippen LogP contribution in [0.2, 0.25) is 0 Å². The Hall–Kier alpha value is -1.86. The van der Waals surface area contributed by atoms with E-state index >= 15 is 0 Å². The number of esters is 1. The molecule has 0 radical (unpaired) electrons. The number of nitrogens with one attached hydrogen (secondary N) is 1. The Morgan fingerprint density at radius 2 is 1.86 bits per heavy atom. The van der Waals surface area contributed by atoms with Crippen molar-refractivity contribution in [1.82, 2.24) is 0 Å². The van der Waals surface area contributed by atoms with Gasteiger partial charge >= 0.3 is 5.97 Å². The van der Waals surface area contributed by atoms with Crippen molar-refractivity contribution < 1.29 is 17.9 Å². The molecule has 2 rings (SSSR count). The third-order valence-corrected chi connectivity index (χ3v) is 5.27. The highest BCUT2D eigenvalue weighted by atomic mass is 79.9. The summed E-state index contributed by atoms with van der Waals surface area (Å²) in [4.78, 5) is 11.8. The van der Waals surface area contributed by atoms with Gasteiger partial charge in [-0.1, -0.05) is 28.1 Å². The molecule has 2 aromatic rings. The van der Waals surface area contributed by atoms with Crippen LogP contribution in [0.15, 0.2) is 51.8 Å². The van der Waals surface area contributed by atoms with E-state index < -0.39 is 16.0 Å². The van der Waals surface area contributed by atoms with Crippen LogP contribution in [0.3, 0.4) is 0 Å². The largest absolute Gasteiger partial charge is 0.465 e. The molecule has 0 spiro atoms. The van der Waals surface area contributed by atoms with E-state index in [2.05, 4.69) is 25.4 Å². The molecule has 0 aliphatic rings. The summed E-state index contributed by atoms with van der Waals surface area (Å²) in [5.74, 6) is -0.606. The SMILES string of the molecule is COC(=O)c1ccccc1NS(=O)(=O)c1ccc(Br)c(C)c1. The summed E-state index contributed by atoms with van der Waals surface area (Å²) in [5, 5.41) is 0. The second kappa shape index (κ2) is 6.50. The van der Waals surface area contributed by atoms with E-state index in [0.717, 1.165) is 10.0 Å². The van der Waals surface area contributed by atoms with E-state index in [9.17, 15) is 13.2 Å². The molecule has 0 aliphatic heterocycles. The Labute approximate surface area is 137 Å². The molecule has 22 heavy (non-hydrogen) atoms. The molecule has 0 saturated carbocycles. The maximum atomic E-state index is 12.4. The number of carbonyl (C=O) groups is 1. The van der Waals surface area contributed by atoms with Crippen LogP contribution < -0.4 is 4.72 Å². The average Bonchev–Trinajstić information content (AvgIpc) is 2.49. The fourth-order valence-corrected chi connectivity index (χ4v) is 3.26. The Morgan fingerprint density at radius 3 is 2.50 bits per heavy atom. The van der Waals surface area contributed by atoms with Crippen LogP contribution in [0.25, 0.3) is 0 Å². The highest BCUT2D eigenvalue weighted by Crippen LogP contribution is 2.24. The molecule has 0 heterocycles. The van der Waals surface area contributed by atoms with Gasteiger partial charge in [0.15, 0.2) is 0 Å². The van der Waals surface area contributed by atoms with E-state index in [1.54, 1.807) is 31.2 Å². The van der Waals surface area contributed by atoms with Crippen LogP contribution in [0.1, 0.15) is 15.9 Å². The number of sulfonamides is 1. The predicted molar refractivity (Wildman–Crippen MR) is 87.5 cm³/mol. The number of hydrogen-bond donors (Lipinski definition) is 1. The number of methoxy groups -OCH3 is 1. The summed E-state index contributed by atoms with van der Waals surface area (Å²) >= 11 is 3.33. The molecule has 0 aliphatic carbocycles. The predicted octanol–water partition coefficient (Wildman–Crippen LogP) is 3.34. The van der Waals surface area contributed by atoms with Crippen molar-refractivity contribution in [1.29, 1.82) is 0 Å². The summed E-state index contributed by atoms with van der Waals surface area (Å²) in [6.07, 6.45) is 0. The normalized spacial score (nSPS) is 11.0. The lowest BCUT2D eigenvalue weighted by molar-refractivity contribution is 0.0602. The first-order chi connectivity index (χ1) is 10.3. The molecular formula is C15H14BrNO4S. The monoisotopic (exact) mass is 383 g/mol. The van der Waals surface area contributed by atoms with Gasteiger partial charge in [-0.05, 0) is 42.8 Å². The van der Waals surface area contributed by atoms with E-state index in [1.165, 1.54) is 25.3 Å². The molecule has 0 atom stereocenters. The summed E-state index contributed by atoms with van der Waals surface area (Å²) in [5.41, 5.74) is 1.13. The van der Waals surface area contributed by atoms with Crippen LogP contribution >= 0.6 is 15.9 Å². The molecule has 7 heteroatoms. The van der Waals surface area contributed by atoms with Gasteiger partial charge in [0.1, 0.15) is 0 Å². The zero-order valence-electron chi connectivity index (χ0n) is 12.0. The Morgan fingerprint density at radius 1 is 1.18 bits per heavy atom. The van der Waals surface area contributed by atoms with Crippen LogP contribution in [0.5, 0.6) is 0 Å².